The normalized spacial score (nSPS) is 24.1. The number of likely N-dealkylation sites (tertiary alicyclic amines) is 1. The van der Waals surface area contributed by atoms with Crippen LogP contribution in [0.5, 0.6) is 5.75 Å². The topological polar surface area (TPSA) is 137 Å². The number of aromatic nitrogens is 3. The third-order valence-corrected chi connectivity index (χ3v) is 7.89. The largest absolute Gasteiger partial charge is 0.486 e. The number of rotatable bonds is 7. The van der Waals surface area contributed by atoms with Gasteiger partial charge in [-0.1, -0.05) is 0 Å². The van der Waals surface area contributed by atoms with Crippen LogP contribution in [0.25, 0.3) is 11.4 Å². The monoisotopic (exact) mass is 573 g/mol. The molecule has 3 saturated heterocycles. The number of nitrogens with zero attached hydrogens (tertiary/aromatic N) is 6. The van der Waals surface area contributed by atoms with E-state index in [0.29, 0.717) is 29.5 Å². The Kier molecular flexibility index (Phi) is 7.86. The van der Waals surface area contributed by atoms with Crippen molar-refractivity contribution in [2.75, 3.05) is 36.4 Å². The van der Waals surface area contributed by atoms with E-state index in [2.05, 4.69) is 43.4 Å². The van der Waals surface area contributed by atoms with E-state index >= 15 is 0 Å². The molecule has 0 saturated carbocycles. The Morgan fingerprint density at radius 1 is 1.14 bits per heavy atom. The van der Waals surface area contributed by atoms with Gasteiger partial charge in [0.15, 0.2) is 12.0 Å². The van der Waals surface area contributed by atoms with Crippen molar-refractivity contribution in [2.24, 2.45) is 0 Å². The Hall–Kier alpha value is -4.34. The highest BCUT2D eigenvalue weighted by molar-refractivity contribution is 5.80. The van der Waals surface area contributed by atoms with E-state index in [9.17, 15) is 19.6 Å². The average molecular weight is 574 g/mol. The molecule has 1 aromatic heterocycles. The summed E-state index contributed by atoms with van der Waals surface area (Å²) >= 11 is 0. The molecule has 2 N–H and O–H groups in total. The molecule has 12 heteroatoms. The second-order valence-corrected chi connectivity index (χ2v) is 10.9. The van der Waals surface area contributed by atoms with Crippen LogP contribution in [0.15, 0.2) is 48.8 Å². The highest BCUT2D eigenvalue weighted by atomic mass is 19.1. The van der Waals surface area contributed by atoms with Gasteiger partial charge in [0.2, 0.25) is 5.95 Å². The summed E-state index contributed by atoms with van der Waals surface area (Å²) in [5.41, 5.74) is 2.77. The van der Waals surface area contributed by atoms with Gasteiger partial charge >= 0.3 is 0 Å². The van der Waals surface area contributed by atoms with Crippen LogP contribution in [0.3, 0.4) is 0 Å². The zero-order valence-electron chi connectivity index (χ0n) is 23.2. The SMILES string of the molecule is C[C@H](O)C(=O)N1CC[C@H](Oc2ccc(-c3ncnc(Nc4ccc(N5CC6CCC(C5)O6)cc4)n3)cc2C#N)[C@H](F)C1. The molecule has 3 aromatic rings. The maximum atomic E-state index is 14.8. The minimum Gasteiger partial charge on any atom is -0.486 e. The molecular formula is C30H32FN7O4. The van der Waals surface area contributed by atoms with Crippen molar-refractivity contribution in [1.82, 2.24) is 19.9 Å². The van der Waals surface area contributed by atoms with Gasteiger partial charge in [-0.05, 0) is 62.2 Å². The smallest absolute Gasteiger partial charge is 0.251 e. The summed E-state index contributed by atoms with van der Waals surface area (Å²) in [6.45, 7) is 3.26. The molecule has 4 heterocycles. The van der Waals surface area contributed by atoms with Crippen LogP contribution in [0.2, 0.25) is 0 Å². The van der Waals surface area contributed by atoms with Crippen LogP contribution in [-0.2, 0) is 9.53 Å². The molecule has 3 aliphatic rings. The number of hydrogen-bond donors (Lipinski definition) is 2. The highest BCUT2D eigenvalue weighted by Gasteiger charge is 2.35. The van der Waals surface area contributed by atoms with E-state index in [1.165, 1.54) is 18.2 Å². The summed E-state index contributed by atoms with van der Waals surface area (Å²) in [6.07, 6.45) is 1.06. The number of aliphatic hydroxyl groups is 1. The van der Waals surface area contributed by atoms with Gasteiger partial charge in [0.05, 0.1) is 24.3 Å². The molecule has 42 heavy (non-hydrogen) atoms. The first-order valence-corrected chi connectivity index (χ1v) is 14.1. The molecule has 218 valence electrons. The van der Waals surface area contributed by atoms with Crippen molar-refractivity contribution in [3.63, 3.8) is 0 Å². The number of piperidine rings is 1. The first kappa shape index (κ1) is 27.8. The highest BCUT2D eigenvalue weighted by Crippen LogP contribution is 2.31. The molecule has 11 nitrogen and oxygen atoms in total. The van der Waals surface area contributed by atoms with Gasteiger partial charge in [0.1, 0.15) is 30.4 Å². The maximum absolute atomic E-state index is 14.8. The van der Waals surface area contributed by atoms with Crippen molar-refractivity contribution in [2.45, 2.75) is 56.8 Å². The predicted molar refractivity (Wildman–Crippen MR) is 152 cm³/mol. The number of halogens is 1. The van der Waals surface area contributed by atoms with Crippen molar-refractivity contribution in [1.29, 1.82) is 5.26 Å². The van der Waals surface area contributed by atoms with Gasteiger partial charge in [-0.2, -0.15) is 10.2 Å². The van der Waals surface area contributed by atoms with E-state index in [0.717, 1.165) is 37.3 Å². The number of morpholine rings is 1. The zero-order valence-corrected chi connectivity index (χ0v) is 23.2. The number of hydrogen-bond acceptors (Lipinski definition) is 10. The summed E-state index contributed by atoms with van der Waals surface area (Å²) in [6, 6.07) is 15.1. The molecule has 0 radical (unpaired) electrons. The number of aliphatic hydroxyl groups excluding tert-OH is 1. The third-order valence-electron chi connectivity index (χ3n) is 7.89. The first-order chi connectivity index (χ1) is 20.4. The molecular weight excluding hydrogens is 541 g/mol. The summed E-state index contributed by atoms with van der Waals surface area (Å²) in [5.74, 6) is 0.449. The van der Waals surface area contributed by atoms with Gasteiger partial charge < -0.3 is 29.7 Å². The van der Waals surface area contributed by atoms with Gasteiger partial charge in [-0.15, -0.1) is 0 Å². The van der Waals surface area contributed by atoms with Crippen LogP contribution in [0.4, 0.5) is 21.7 Å². The third kappa shape index (κ3) is 5.98. The fourth-order valence-electron chi connectivity index (χ4n) is 5.71. The number of nitriles is 1. The molecule has 0 spiro atoms. The lowest BCUT2D eigenvalue weighted by Gasteiger charge is -2.35. The molecule has 2 unspecified atom stereocenters. The number of amides is 1. The average Bonchev–Trinajstić information content (AvgIpc) is 3.35. The van der Waals surface area contributed by atoms with Crippen LogP contribution in [-0.4, -0.2) is 87.6 Å². The lowest BCUT2D eigenvalue weighted by molar-refractivity contribution is -0.143. The molecule has 6 rings (SSSR count). The van der Waals surface area contributed by atoms with Crippen LogP contribution >= 0.6 is 0 Å². The van der Waals surface area contributed by atoms with E-state index in [-0.39, 0.29) is 30.8 Å². The second-order valence-electron chi connectivity index (χ2n) is 10.9. The first-order valence-electron chi connectivity index (χ1n) is 14.1. The fraction of sp³-hybridized carbons (Fsp3) is 0.433. The number of carbonyl (C=O) groups is 1. The Morgan fingerprint density at radius 3 is 2.60 bits per heavy atom. The number of nitrogens with one attached hydrogen (secondary N) is 1. The number of ether oxygens (including phenoxy) is 2. The van der Waals surface area contributed by atoms with Crippen LogP contribution in [0.1, 0.15) is 31.7 Å². The molecule has 3 fully saturated rings. The van der Waals surface area contributed by atoms with Crippen LogP contribution in [0, 0.1) is 11.3 Å². The van der Waals surface area contributed by atoms with E-state index < -0.39 is 24.3 Å². The van der Waals surface area contributed by atoms with Crippen LogP contribution < -0.4 is 15.0 Å². The van der Waals surface area contributed by atoms with Crippen molar-refractivity contribution in [3.8, 4) is 23.2 Å². The quantitative estimate of drug-likeness (QED) is 0.434. The molecule has 2 aromatic carbocycles. The van der Waals surface area contributed by atoms with E-state index in [4.69, 9.17) is 9.47 Å². The van der Waals surface area contributed by atoms with Crippen molar-refractivity contribution >= 4 is 23.2 Å². The van der Waals surface area contributed by atoms with Gasteiger partial charge in [0.25, 0.3) is 5.91 Å². The lowest BCUT2D eigenvalue weighted by atomic mass is 10.0. The molecule has 0 aliphatic carbocycles. The number of fused-ring (bicyclic) bond motifs is 2. The van der Waals surface area contributed by atoms with Gasteiger partial charge in [-0.25, -0.2) is 14.4 Å². The summed E-state index contributed by atoms with van der Waals surface area (Å²) in [5, 5.41) is 22.5. The maximum Gasteiger partial charge on any atom is 0.251 e. The van der Waals surface area contributed by atoms with Gasteiger partial charge in [-0.3, -0.25) is 4.79 Å². The number of alkyl halides is 1. The molecule has 2 bridgehead atoms. The minimum absolute atomic E-state index is 0.175. The minimum atomic E-state index is -1.46. The molecule has 1 amide bonds. The van der Waals surface area contributed by atoms with E-state index in [1.807, 2.05) is 12.1 Å². The summed E-state index contributed by atoms with van der Waals surface area (Å²) in [4.78, 5) is 28.7. The number of carbonyl (C=O) groups excluding carboxylic acids is 1. The zero-order chi connectivity index (χ0) is 29.2. The second kappa shape index (κ2) is 11.9. The Labute approximate surface area is 242 Å². The molecule has 5 atom stereocenters. The Morgan fingerprint density at radius 2 is 1.90 bits per heavy atom. The summed E-state index contributed by atoms with van der Waals surface area (Å²) < 4.78 is 26.6. The van der Waals surface area contributed by atoms with E-state index in [1.54, 1.807) is 18.2 Å². The molecule has 3 aliphatic heterocycles. The van der Waals surface area contributed by atoms with Crippen molar-refractivity contribution < 1.29 is 23.8 Å². The fourth-order valence-corrected chi connectivity index (χ4v) is 5.71. The Bertz CT molecular complexity index is 1470. The van der Waals surface area contributed by atoms with Gasteiger partial charge in [0, 0.05) is 43.0 Å². The standard InChI is InChI=1S/C30H32FN7O4/c1-18(39)29(40)37-11-10-27(25(31)16-37)42-26-9-2-19(12-20(26)13-32)28-33-17-34-30(36-28)35-21-3-5-22(6-4-21)38-14-23-7-8-24(15-38)41-23/h2-6,9,12,17-18,23-25,27,39H,7-8,10-11,14-16H2,1H3,(H,33,34,35,36)/t18-,23?,24?,25+,27-/m0/s1. The lowest BCUT2D eigenvalue weighted by Crippen LogP contribution is -2.51. The predicted octanol–water partition coefficient (Wildman–Crippen LogP) is 3.22. The number of anilines is 3. The summed E-state index contributed by atoms with van der Waals surface area (Å²) in [7, 11) is 0. The van der Waals surface area contributed by atoms with Crippen molar-refractivity contribution in [3.05, 3.63) is 54.4 Å². The number of benzene rings is 2. The Balaban J connectivity index is 1.11.